The maximum atomic E-state index is 6.00. The van der Waals surface area contributed by atoms with Gasteiger partial charge in [-0.05, 0) is 35.0 Å². The van der Waals surface area contributed by atoms with E-state index in [1.165, 1.54) is 0 Å². The summed E-state index contributed by atoms with van der Waals surface area (Å²) >= 11 is 9.32. The maximum absolute atomic E-state index is 6.00. The normalized spacial score (nSPS) is 22.0. The van der Waals surface area contributed by atoms with E-state index in [2.05, 4.69) is 26.2 Å². The molecule has 1 aliphatic rings. The van der Waals surface area contributed by atoms with Crippen molar-refractivity contribution >= 4 is 27.5 Å². The fraction of sp³-hybridized carbons (Fsp3) is 0.375. The number of hydrogen-bond acceptors (Lipinski definition) is 2. The molecule has 4 heteroatoms. The predicted octanol–water partition coefficient (Wildman–Crippen LogP) is 2.53. The molecule has 64 valence electrons. The first-order valence-corrected chi connectivity index (χ1v) is 4.99. The van der Waals surface area contributed by atoms with E-state index in [0.717, 1.165) is 28.2 Å². The van der Waals surface area contributed by atoms with Crippen molar-refractivity contribution in [3.05, 3.63) is 27.5 Å². The van der Waals surface area contributed by atoms with Crippen LogP contribution in [0.1, 0.15) is 18.2 Å². The summed E-state index contributed by atoms with van der Waals surface area (Å²) in [6, 6.07) is 2.25. The van der Waals surface area contributed by atoms with E-state index in [-0.39, 0.29) is 0 Å². The first kappa shape index (κ1) is 8.48. The summed E-state index contributed by atoms with van der Waals surface area (Å²) in [7, 11) is 0. The van der Waals surface area contributed by atoms with E-state index in [0.29, 0.717) is 6.04 Å². The summed E-state index contributed by atoms with van der Waals surface area (Å²) in [6.07, 6.45) is 2.91. The van der Waals surface area contributed by atoms with Gasteiger partial charge in [-0.1, -0.05) is 11.6 Å². The van der Waals surface area contributed by atoms with Gasteiger partial charge in [0.05, 0.1) is 16.8 Å². The Morgan fingerprint density at radius 2 is 2.42 bits per heavy atom. The molecule has 1 atom stereocenters. The molecule has 1 aliphatic heterocycles. The summed E-state index contributed by atoms with van der Waals surface area (Å²) in [4.78, 5) is 4.26. The largest absolute Gasteiger partial charge is 0.308 e. The molecular formula is C8H8BrClN2. The van der Waals surface area contributed by atoms with Gasteiger partial charge in [-0.15, -0.1) is 0 Å². The van der Waals surface area contributed by atoms with E-state index in [1.807, 2.05) is 6.07 Å². The van der Waals surface area contributed by atoms with Crippen LogP contribution in [0.5, 0.6) is 0 Å². The van der Waals surface area contributed by atoms with Gasteiger partial charge in [-0.3, -0.25) is 4.98 Å². The zero-order chi connectivity index (χ0) is 8.55. The van der Waals surface area contributed by atoms with Crippen LogP contribution in [0.4, 0.5) is 0 Å². The number of hydrogen-bond donors (Lipinski definition) is 1. The van der Waals surface area contributed by atoms with Gasteiger partial charge < -0.3 is 5.32 Å². The molecule has 0 radical (unpaired) electrons. The molecule has 0 bridgehead atoms. The molecule has 1 fully saturated rings. The second-order valence-corrected chi connectivity index (χ2v) is 4.14. The highest BCUT2D eigenvalue weighted by Gasteiger charge is 2.22. The van der Waals surface area contributed by atoms with Crippen LogP contribution < -0.4 is 5.32 Å². The van der Waals surface area contributed by atoms with Crippen LogP contribution in [0.15, 0.2) is 16.7 Å². The molecule has 0 aliphatic carbocycles. The topological polar surface area (TPSA) is 24.9 Å². The van der Waals surface area contributed by atoms with Gasteiger partial charge in [0.2, 0.25) is 0 Å². The molecule has 0 spiro atoms. The number of aromatic nitrogens is 1. The van der Waals surface area contributed by atoms with Gasteiger partial charge in [-0.2, -0.15) is 0 Å². The highest BCUT2D eigenvalue weighted by molar-refractivity contribution is 9.10. The summed E-state index contributed by atoms with van der Waals surface area (Å²) in [6.45, 7) is 1.07. The molecule has 0 amide bonds. The van der Waals surface area contributed by atoms with Crippen molar-refractivity contribution in [2.75, 3.05) is 6.54 Å². The van der Waals surface area contributed by atoms with Gasteiger partial charge in [0.25, 0.3) is 0 Å². The van der Waals surface area contributed by atoms with Crippen LogP contribution >= 0.6 is 27.5 Å². The standard InChI is InChI=1S/C8H8BrClN2/c9-5-3-6(10)8(12-4-5)7-1-2-11-7/h3-4,7,11H,1-2H2. The minimum atomic E-state index is 0.366. The first-order valence-electron chi connectivity index (χ1n) is 3.81. The van der Waals surface area contributed by atoms with Gasteiger partial charge in [-0.25, -0.2) is 0 Å². The second-order valence-electron chi connectivity index (χ2n) is 2.82. The van der Waals surface area contributed by atoms with Crippen molar-refractivity contribution in [1.82, 2.24) is 10.3 Å². The molecule has 0 saturated carbocycles. The summed E-state index contributed by atoms with van der Waals surface area (Å²) in [5.41, 5.74) is 0.964. The fourth-order valence-electron chi connectivity index (χ4n) is 1.20. The Labute approximate surface area is 84.5 Å². The van der Waals surface area contributed by atoms with E-state index < -0.39 is 0 Å². The average molecular weight is 248 g/mol. The van der Waals surface area contributed by atoms with Crippen molar-refractivity contribution in [3.8, 4) is 0 Å². The number of halogens is 2. The Kier molecular flexibility index (Phi) is 2.35. The lowest BCUT2D eigenvalue weighted by atomic mass is 10.0. The molecular weight excluding hydrogens is 239 g/mol. The van der Waals surface area contributed by atoms with Gasteiger partial charge in [0.15, 0.2) is 0 Å². The van der Waals surface area contributed by atoms with E-state index in [4.69, 9.17) is 11.6 Å². The smallest absolute Gasteiger partial charge is 0.0760 e. The molecule has 1 unspecified atom stereocenters. The molecule has 1 aromatic rings. The highest BCUT2D eigenvalue weighted by atomic mass is 79.9. The number of nitrogens with one attached hydrogen (secondary N) is 1. The lowest BCUT2D eigenvalue weighted by molar-refractivity contribution is 0.375. The van der Waals surface area contributed by atoms with Crippen molar-refractivity contribution in [2.45, 2.75) is 12.5 Å². The molecule has 1 N–H and O–H groups in total. The highest BCUT2D eigenvalue weighted by Crippen LogP contribution is 2.28. The third kappa shape index (κ3) is 1.49. The zero-order valence-corrected chi connectivity index (χ0v) is 8.69. The molecule has 2 nitrogen and oxygen atoms in total. The van der Waals surface area contributed by atoms with Crippen LogP contribution in [0.25, 0.3) is 0 Å². The van der Waals surface area contributed by atoms with Gasteiger partial charge in [0.1, 0.15) is 0 Å². The third-order valence-electron chi connectivity index (χ3n) is 1.99. The molecule has 2 heterocycles. The van der Waals surface area contributed by atoms with Crippen LogP contribution in [0.3, 0.4) is 0 Å². The van der Waals surface area contributed by atoms with Crippen molar-refractivity contribution in [3.63, 3.8) is 0 Å². The Hall–Kier alpha value is -0.120. The van der Waals surface area contributed by atoms with Crippen LogP contribution in [-0.2, 0) is 0 Å². The van der Waals surface area contributed by atoms with Crippen molar-refractivity contribution < 1.29 is 0 Å². The quantitative estimate of drug-likeness (QED) is 0.825. The Morgan fingerprint density at radius 3 is 2.92 bits per heavy atom. The summed E-state index contributed by atoms with van der Waals surface area (Å²) in [5, 5.41) is 4.00. The minimum Gasteiger partial charge on any atom is -0.308 e. The lowest BCUT2D eigenvalue weighted by Crippen LogP contribution is -2.35. The summed E-state index contributed by atoms with van der Waals surface area (Å²) < 4.78 is 0.926. The number of nitrogens with zero attached hydrogens (tertiary/aromatic N) is 1. The van der Waals surface area contributed by atoms with E-state index in [1.54, 1.807) is 6.20 Å². The Balaban J connectivity index is 2.31. The molecule has 0 aromatic carbocycles. The van der Waals surface area contributed by atoms with Crippen molar-refractivity contribution in [2.24, 2.45) is 0 Å². The summed E-state index contributed by atoms with van der Waals surface area (Å²) in [5.74, 6) is 0. The monoisotopic (exact) mass is 246 g/mol. The molecule has 12 heavy (non-hydrogen) atoms. The van der Waals surface area contributed by atoms with Crippen LogP contribution in [0, 0.1) is 0 Å². The lowest BCUT2D eigenvalue weighted by Gasteiger charge is -2.27. The van der Waals surface area contributed by atoms with E-state index in [9.17, 15) is 0 Å². The fourth-order valence-corrected chi connectivity index (χ4v) is 1.96. The molecule has 1 saturated heterocycles. The maximum Gasteiger partial charge on any atom is 0.0760 e. The number of pyridine rings is 1. The molecule has 1 aromatic heterocycles. The SMILES string of the molecule is Clc1cc(Br)cnc1C1CCN1. The Bertz CT molecular complexity index is 299. The zero-order valence-electron chi connectivity index (χ0n) is 6.35. The first-order chi connectivity index (χ1) is 5.77. The van der Waals surface area contributed by atoms with E-state index >= 15 is 0 Å². The van der Waals surface area contributed by atoms with Gasteiger partial charge in [0, 0.05) is 10.7 Å². The second kappa shape index (κ2) is 3.32. The Morgan fingerprint density at radius 1 is 1.67 bits per heavy atom. The third-order valence-corrected chi connectivity index (χ3v) is 2.73. The van der Waals surface area contributed by atoms with Crippen LogP contribution in [0.2, 0.25) is 5.02 Å². The predicted molar refractivity (Wildman–Crippen MR) is 52.3 cm³/mol. The minimum absolute atomic E-state index is 0.366. The average Bonchev–Trinajstić information content (AvgIpc) is 1.91. The molecule has 2 rings (SSSR count). The van der Waals surface area contributed by atoms with Crippen molar-refractivity contribution in [1.29, 1.82) is 0 Å². The van der Waals surface area contributed by atoms with Gasteiger partial charge >= 0.3 is 0 Å². The van der Waals surface area contributed by atoms with Crippen LogP contribution in [-0.4, -0.2) is 11.5 Å². The number of rotatable bonds is 1.